The quantitative estimate of drug-likeness (QED) is 0.661. The molecular formula is C20H17N3OS. The fourth-order valence-corrected chi connectivity index (χ4v) is 3.66. The van der Waals surface area contributed by atoms with Gasteiger partial charge in [0.1, 0.15) is 0 Å². The number of benzene rings is 2. The van der Waals surface area contributed by atoms with Crippen LogP contribution in [0.25, 0.3) is 11.6 Å². The molecule has 2 N–H and O–H groups in total. The van der Waals surface area contributed by atoms with Crippen LogP contribution in [0, 0.1) is 13.8 Å². The van der Waals surface area contributed by atoms with E-state index in [1.165, 1.54) is 16.9 Å². The molecule has 25 heavy (non-hydrogen) atoms. The van der Waals surface area contributed by atoms with E-state index in [-0.39, 0.29) is 5.88 Å². The van der Waals surface area contributed by atoms with Crippen LogP contribution >= 0.6 is 11.3 Å². The van der Waals surface area contributed by atoms with E-state index in [1.807, 2.05) is 42.6 Å². The first-order valence-corrected chi connectivity index (χ1v) is 8.81. The molecule has 0 fully saturated rings. The maximum atomic E-state index is 10.2. The summed E-state index contributed by atoms with van der Waals surface area (Å²) >= 11 is 1.42. The fraction of sp³-hybridized carbons (Fsp3) is 0.100. The highest BCUT2D eigenvalue weighted by atomic mass is 32.1. The fourth-order valence-electron chi connectivity index (χ4n) is 2.84. The molecule has 5 heteroatoms. The molecule has 0 saturated heterocycles. The number of aryl methyl sites for hydroxylation is 2. The van der Waals surface area contributed by atoms with Gasteiger partial charge in [0, 0.05) is 23.0 Å². The second-order valence-electron chi connectivity index (χ2n) is 6.03. The highest BCUT2D eigenvalue weighted by molar-refractivity contribution is 7.16. The number of hydrogen-bond acceptors (Lipinski definition) is 5. The third-order valence-electron chi connectivity index (χ3n) is 4.10. The predicted octanol–water partition coefficient (Wildman–Crippen LogP) is 5.47. The molecule has 0 amide bonds. The van der Waals surface area contributed by atoms with Gasteiger partial charge in [0.05, 0.1) is 10.6 Å². The largest absolute Gasteiger partial charge is 0.492 e. The van der Waals surface area contributed by atoms with Gasteiger partial charge in [-0.05, 0) is 37.6 Å². The van der Waals surface area contributed by atoms with Gasteiger partial charge in [-0.25, -0.2) is 0 Å². The number of aromatic hydroxyl groups is 1. The molecule has 124 valence electrons. The van der Waals surface area contributed by atoms with E-state index < -0.39 is 0 Å². The molecule has 0 atom stereocenters. The van der Waals surface area contributed by atoms with Gasteiger partial charge in [0.2, 0.25) is 5.88 Å². The molecular weight excluding hydrogens is 330 g/mol. The molecule has 0 saturated carbocycles. The molecule has 0 aliphatic carbocycles. The number of thiazole rings is 1. The molecule has 4 rings (SSSR count). The third kappa shape index (κ3) is 3.06. The van der Waals surface area contributed by atoms with Crippen LogP contribution in [-0.4, -0.2) is 16.3 Å². The number of allylic oxidation sites excluding steroid dienone is 1. The number of nitrogens with zero attached hydrogens (tertiary/aromatic N) is 2. The summed E-state index contributed by atoms with van der Waals surface area (Å²) in [4.78, 5) is 9.35. The number of para-hydroxylation sites is 1. The maximum Gasteiger partial charge on any atom is 0.231 e. The van der Waals surface area contributed by atoms with Crippen LogP contribution in [0.1, 0.15) is 21.6 Å². The SMILES string of the molecule is Cc1ccc(Nc2nc(O)c(/C=C3\C=Nc4ccccc43)s2)c(C)c1. The van der Waals surface area contributed by atoms with E-state index in [1.54, 1.807) is 0 Å². The van der Waals surface area contributed by atoms with Gasteiger partial charge in [-0.2, -0.15) is 4.98 Å². The molecule has 0 spiro atoms. The molecule has 4 nitrogen and oxygen atoms in total. The summed E-state index contributed by atoms with van der Waals surface area (Å²) in [7, 11) is 0. The minimum Gasteiger partial charge on any atom is -0.492 e. The van der Waals surface area contributed by atoms with Crippen LogP contribution in [-0.2, 0) is 0 Å². The molecule has 0 radical (unpaired) electrons. The van der Waals surface area contributed by atoms with E-state index >= 15 is 0 Å². The van der Waals surface area contributed by atoms with Gasteiger partial charge in [-0.3, -0.25) is 4.99 Å². The minimum atomic E-state index is 0.0301. The third-order valence-corrected chi connectivity index (χ3v) is 5.01. The molecule has 2 aromatic carbocycles. The molecule has 3 aromatic rings. The monoisotopic (exact) mass is 347 g/mol. The van der Waals surface area contributed by atoms with Crippen molar-refractivity contribution in [1.82, 2.24) is 4.98 Å². The van der Waals surface area contributed by atoms with Gasteiger partial charge < -0.3 is 10.4 Å². The van der Waals surface area contributed by atoms with Crippen molar-refractivity contribution in [3.05, 3.63) is 64.0 Å². The number of anilines is 2. The second-order valence-corrected chi connectivity index (χ2v) is 7.06. The Morgan fingerprint density at radius 2 is 1.96 bits per heavy atom. The maximum absolute atomic E-state index is 10.2. The van der Waals surface area contributed by atoms with Gasteiger partial charge in [-0.15, -0.1) is 0 Å². The Morgan fingerprint density at radius 1 is 1.12 bits per heavy atom. The summed E-state index contributed by atoms with van der Waals surface area (Å²) in [5.41, 5.74) is 6.35. The summed E-state index contributed by atoms with van der Waals surface area (Å²) in [6.07, 6.45) is 3.75. The van der Waals surface area contributed by atoms with Crippen molar-refractivity contribution in [3.8, 4) is 5.88 Å². The Morgan fingerprint density at radius 3 is 2.80 bits per heavy atom. The van der Waals surface area contributed by atoms with Crippen molar-refractivity contribution in [3.63, 3.8) is 0 Å². The number of aliphatic imine (C=N–C) groups is 1. The molecule has 0 bridgehead atoms. The Hall–Kier alpha value is -2.92. The molecule has 1 aliphatic heterocycles. The van der Waals surface area contributed by atoms with Crippen LogP contribution in [0.2, 0.25) is 0 Å². The smallest absolute Gasteiger partial charge is 0.231 e. The highest BCUT2D eigenvalue weighted by Crippen LogP contribution is 2.37. The summed E-state index contributed by atoms with van der Waals surface area (Å²) in [6, 6.07) is 14.2. The van der Waals surface area contributed by atoms with Crippen molar-refractivity contribution in [2.45, 2.75) is 13.8 Å². The first-order chi connectivity index (χ1) is 12.1. The Balaban J connectivity index is 1.63. The predicted molar refractivity (Wildman–Crippen MR) is 105 cm³/mol. The summed E-state index contributed by atoms with van der Waals surface area (Å²) in [6.45, 7) is 4.12. The standard InChI is InChI=1S/C20H17N3OS/c1-12-7-8-16(13(2)9-12)22-20-23-19(24)18(25-20)10-14-11-21-17-6-4-3-5-15(14)17/h3-11,24H,1-2H3,(H,22,23)/b14-10+. The number of hydrogen-bond donors (Lipinski definition) is 2. The number of aromatic nitrogens is 1. The van der Waals surface area contributed by atoms with E-state index in [0.717, 1.165) is 28.1 Å². The zero-order valence-electron chi connectivity index (χ0n) is 13.9. The Kier molecular flexibility index (Phi) is 3.86. The normalized spacial score (nSPS) is 14.1. The van der Waals surface area contributed by atoms with Crippen LogP contribution in [0.3, 0.4) is 0 Å². The summed E-state index contributed by atoms with van der Waals surface area (Å²) < 4.78 is 0. The van der Waals surface area contributed by atoms with Crippen LogP contribution in [0.4, 0.5) is 16.5 Å². The zero-order valence-corrected chi connectivity index (χ0v) is 14.8. The molecule has 1 aliphatic rings. The van der Waals surface area contributed by atoms with Crippen molar-refractivity contribution < 1.29 is 5.11 Å². The number of rotatable bonds is 3. The van der Waals surface area contributed by atoms with Crippen LogP contribution < -0.4 is 5.32 Å². The average Bonchev–Trinajstić information content (AvgIpc) is 3.15. The Labute approximate surface area is 150 Å². The Bertz CT molecular complexity index is 1020. The van der Waals surface area contributed by atoms with Gasteiger partial charge in [-0.1, -0.05) is 47.2 Å². The van der Waals surface area contributed by atoms with Crippen LogP contribution in [0.5, 0.6) is 5.88 Å². The molecule has 2 heterocycles. The lowest BCUT2D eigenvalue weighted by atomic mass is 10.1. The summed E-state index contributed by atoms with van der Waals surface area (Å²) in [5, 5.41) is 14.2. The van der Waals surface area contributed by atoms with E-state index in [9.17, 15) is 5.11 Å². The molecule has 1 aromatic heterocycles. The first-order valence-electron chi connectivity index (χ1n) is 7.99. The molecule has 0 unspecified atom stereocenters. The van der Waals surface area contributed by atoms with Crippen molar-refractivity contribution in [2.24, 2.45) is 4.99 Å². The van der Waals surface area contributed by atoms with Gasteiger partial charge in [0.25, 0.3) is 0 Å². The number of nitrogens with one attached hydrogen (secondary N) is 1. The van der Waals surface area contributed by atoms with E-state index in [4.69, 9.17) is 0 Å². The minimum absolute atomic E-state index is 0.0301. The average molecular weight is 347 g/mol. The topological polar surface area (TPSA) is 57.5 Å². The highest BCUT2D eigenvalue weighted by Gasteiger charge is 2.14. The van der Waals surface area contributed by atoms with Crippen molar-refractivity contribution in [1.29, 1.82) is 0 Å². The second kappa shape index (κ2) is 6.18. The van der Waals surface area contributed by atoms with Crippen molar-refractivity contribution >= 4 is 45.7 Å². The van der Waals surface area contributed by atoms with E-state index in [0.29, 0.717) is 10.0 Å². The summed E-state index contributed by atoms with van der Waals surface area (Å²) in [5.74, 6) is 0.0301. The zero-order chi connectivity index (χ0) is 17.4. The lowest BCUT2D eigenvalue weighted by Gasteiger charge is -2.06. The van der Waals surface area contributed by atoms with Crippen LogP contribution in [0.15, 0.2) is 47.5 Å². The first kappa shape index (κ1) is 15.6. The lowest BCUT2D eigenvalue weighted by molar-refractivity contribution is 0.457. The lowest BCUT2D eigenvalue weighted by Crippen LogP contribution is -1.92. The van der Waals surface area contributed by atoms with Crippen molar-refractivity contribution in [2.75, 3.05) is 5.32 Å². The van der Waals surface area contributed by atoms with Gasteiger partial charge >= 0.3 is 0 Å². The number of fused-ring (bicyclic) bond motifs is 1. The van der Waals surface area contributed by atoms with E-state index in [2.05, 4.69) is 41.3 Å². The van der Waals surface area contributed by atoms with Gasteiger partial charge in [0.15, 0.2) is 5.13 Å².